The number of hydrogen-bond acceptors (Lipinski definition) is 7. The molecular weight excluding hydrogens is 256 g/mol. The predicted octanol–water partition coefficient (Wildman–Crippen LogP) is -0.554. The number of benzene rings is 1. The summed E-state index contributed by atoms with van der Waals surface area (Å²) in [4.78, 5) is 10.3. The molecule has 1 saturated heterocycles. The fourth-order valence-corrected chi connectivity index (χ4v) is 1.84. The van der Waals surface area contributed by atoms with E-state index in [9.17, 15) is 25.4 Å². The van der Waals surface area contributed by atoms with E-state index in [2.05, 4.69) is 5.32 Å². The van der Waals surface area contributed by atoms with Crippen molar-refractivity contribution in [2.75, 3.05) is 11.9 Å². The summed E-state index contributed by atoms with van der Waals surface area (Å²) in [7, 11) is 0. The van der Waals surface area contributed by atoms with Crippen LogP contribution in [0.3, 0.4) is 0 Å². The summed E-state index contributed by atoms with van der Waals surface area (Å²) in [6.07, 6.45) is -4.96. The van der Waals surface area contributed by atoms with Gasteiger partial charge in [-0.3, -0.25) is 10.1 Å². The molecule has 1 aromatic rings. The molecule has 0 amide bonds. The Morgan fingerprint density at radius 3 is 2.63 bits per heavy atom. The Balaban J connectivity index is 2.15. The van der Waals surface area contributed by atoms with E-state index in [4.69, 9.17) is 4.74 Å². The van der Waals surface area contributed by atoms with Gasteiger partial charge in [-0.15, -0.1) is 0 Å². The number of para-hydroxylation sites is 2. The highest BCUT2D eigenvalue weighted by molar-refractivity contribution is 5.61. The molecule has 0 aliphatic carbocycles. The van der Waals surface area contributed by atoms with Crippen LogP contribution < -0.4 is 5.32 Å². The molecule has 8 nitrogen and oxygen atoms in total. The van der Waals surface area contributed by atoms with Gasteiger partial charge in [0.15, 0.2) is 6.23 Å². The second kappa shape index (κ2) is 5.49. The summed E-state index contributed by atoms with van der Waals surface area (Å²) in [5.41, 5.74) is -0.000878. The molecule has 1 aliphatic heterocycles. The van der Waals surface area contributed by atoms with Gasteiger partial charge in [-0.05, 0) is 6.07 Å². The number of rotatable bonds is 3. The quantitative estimate of drug-likeness (QED) is 0.428. The fraction of sp³-hybridized carbons (Fsp3) is 0.455. The summed E-state index contributed by atoms with van der Waals surface area (Å²) >= 11 is 0. The maximum absolute atomic E-state index is 10.8. The summed E-state index contributed by atoms with van der Waals surface area (Å²) < 4.78 is 5.12. The Labute approximate surface area is 108 Å². The SMILES string of the molecule is O=[N+]([O-])c1ccccc1N[C@H]1OC[C@@H](O)[C@@H](O)[C@@H]1O. The number of ether oxygens (including phenoxy) is 1. The molecule has 0 saturated carbocycles. The molecule has 0 aromatic heterocycles. The topological polar surface area (TPSA) is 125 Å². The van der Waals surface area contributed by atoms with Crippen LogP contribution in [-0.2, 0) is 4.74 Å². The van der Waals surface area contributed by atoms with Gasteiger partial charge in [0.05, 0.1) is 11.5 Å². The van der Waals surface area contributed by atoms with Gasteiger partial charge in [0.1, 0.15) is 24.0 Å². The highest BCUT2D eigenvalue weighted by Gasteiger charge is 2.38. The number of aliphatic hydroxyl groups is 3. The van der Waals surface area contributed by atoms with Gasteiger partial charge in [-0.1, -0.05) is 12.1 Å². The van der Waals surface area contributed by atoms with Crippen molar-refractivity contribution in [3.63, 3.8) is 0 Å². The van der Waals surface area contributed by atoms with E-state index in [-0.39, 0.29) is 18.0 Å². The van der Waals surface area contributed by atoms with Gasteiger partial charge in [-0.2, -0.15) is 0 Å². The number of anilines is 1. The molecule has 19 heavy (non-hydrogen) atoms. The zero-order valence-electron chi connectivity index (χ0n) is 9.84. The van der Waals surface area contributed by atoms with Crippen LogP contribution in [0.1, 0.15) is 0 Å². The standard InChI is InChI=1S/C11H14N2O6/c14-8-5-19-11(10(16)9(8)15)12-6-3-1-2-4-7(6)13(17)18/h1-4,8-12,14-16H,5H2/t8-,9-,10+,11+/m1/s1. The highest BCUT2D eigenvalue weighted by Crippen LogP contribution is 2.26. The summed E-state index contributed by atoms with van der Waals surface area (Å²) in [6.45, 7) is -0.170. The minimum atomic E-state index is -1.39. The van der Waals surface area contributed by atoms with Crippen molar-refractivity contribution in [1.29, 1.82) is 0 Å². The van der Waals surface area contributed by atoms with Crippen molar-refractivity contribution >= 4 is 11.4 Å². The molecule has 0 spiro atoms. The lowest BCUT2D eigenvalue weighted by Gasteiger charge is -2.35. The number of nitro groups is 1. The zero-order chi connectivity index (χ0) is 14.0. The van der Waals surface area contributed by atoms with Gasteiger partial charge in [0, 0.05) is 6.07 Å². The monoisotopic (exact) mass is 270 g/mol. The lowest BCUT2D eigenvalue weighted by molar-refractivity contribution is -0.384. The van der Waals surface area contributed by atoms with Crippen molar-refractivity contribution in [2.24, 2.45) is 0 Å². The van der Waals surface area contributed by atoms with Crippen LogP contribution in [0.4, 0.5) is 11.4 Å². The van der Waals surface area contributed by atoms with Crippen molar-refractivity contribution < 1.29 is 25.0 Å². The maximum atomic E-state index is 10.8. The van der Waals surface area contributed by atoms with Gasteiger partial charge >= 0.3 is 0 Å². The highest BCUT2D eigenvalue weighted by atomic mass is 16.6. The van der Waals surface area contributed by atoms with Crippen LogP contribution in [0.5, 0.6) is 0 Å². The van der Waals surface area contributed by atoms with Crippen LogP contribution in [0.15, 0.2) is 24.3 Å². The van der Waals surface area contributed by atoms with E-state index in [1.54, 1.807) is 6.07 Å². The van der Waals surface area contributed by atoms with Gasteiger partial charge in [0.25, 0.3) is 5.69 Å². The van der Waals surface area contributed by atoms with Crippen LogP contribution in [0.2, 0.25) is 0 Å². The Kier molecular flexibility index (Phi) is 3.96. The predicted molar refractivity (Wildman–Crippen MR) is 64.5 cm³/mol. The molecule has 0 radical (unpaired) electrons. The summed E-state index contributed by atoms with van der Waals surface area (Å²) in [6, 6.07) is 5.88. The van der Waals surface area contributed by atoms with Gasteiger partial charge < -0.3 is 25.4 Å². The number of aliphatic hydroxyl groups excluding tert-OH is 3. The largest absolute Gasteiger partial charge is 0.388 e. The molecule has 4 atom stereocenters. The fourth-order valence-electron chi connectivity index (χ4n) is 1.84. The molecule has 1 aliphatic rings. The second-order valence-corrected chi connectivity index (χ2v) is 4.22. The molecule has 1 aromatic carbocycles. The molecule has 8 heteroatoms. The molecule has 1 fully saturated rings. The first kappa shape index (κ1) is 13.7. The van der Waals surface area contributed by atoms with Crippen LogP contribution >= 0.6 is 0 Å². The summed E-state index contributed by atoms with van der Waals surface area (Å²) in [5, 5.41) is 42.0. The first-order chi connectivity index (χ1) is 9.00. The smallest absolute Gasteiger partial charge is 0.292 e. The van der Waals surface area contributed by atoms with Gasteiger partial charge in [0.2, 0.25) is 0 Å². The lowest BCUT2D eigenvalue weighted by atomic mass is 10.0. The van der Waals surface area contributed by atoms with E-state index in [0.29, 0.717) is 0 Å². The third kappa shape index (κ3) is 2.82. The normalized spacial score (nSPS) is 30.9. The zero-order valence-corrected chi connectivity index (χ0v) is 9.84. The third-order valence-corrected chi connectivity index (χ3v) is 2.90. The molecular formula is C11H14N2O6. The van der Waals surface area contributed by atoms with Crippen LogP contribution in [-0.4, -0.2) is 51.4 Å². The number of hydrogen-bond donors (Lipinski definition) is 4. The van der Waals surface area contributed by atoms with Crippen molar-refractivity contribution in [2.45, 2.75) is 24.5 Å². The van der Waals surface area contributed by atoms with E-state index in [0.717, 1.165) is 0 Å². The summed E-state index contributed by atoms with van der Waals surface area (Å²) in [5.74, 6) is 0. The van der Waals surface area contributed by atoms with E-state index in [1.807, 2.05) is 0 Å². The third-order valence-electron chi connectivity index (χ3n) is 2.90. The lowest BCUT2D eigenvalue weighted by Crippen LogP contribution is -2.55. The first-order valence-electron chi connectivity index (χ1n) is 5.66. The maximum Gasteiger partial charge on any atom is 0.292 e. The number of nitrogens with one attached hydrogen (secondary N) is 1. The van der Waals surface area contributed by atoms with E-state index in [1.165, 1.54) is 18.2 Å². The van der Waals surface area contributed by atoms with Crippen LogP contribution in [0, 0.1) is 10.1 Å². The average molecular weight is 270 g/mol. The van der Waals surface area contributed by atoms with Crippen molar-refractivity contribution in [3.8, 4) is 0 Å². The Hall–Kier alpha value is -1.74. The Morgan fingerprint density at radius 1 is 1.26 bits per heavy atom. The Morgan fingerprint density at radius 2 is 1.95 bits per heavy atom. The molecule has 2 rings (SSSR count). The molecule has 4 N–H and O–H groups in total. The minimum absolute atomic E-state index is 0.167. The number of nitro benzene ring substituents is 1. The molecule has 104 valence electrons. The first-order valence-corrected chi connectivity index (χ1v) is 5.66. The van der Waals surface area contributed by atoms with E-state index >= 15 is 0 Å². The second-order valence-electron chi connectivity index (χ2n) is 4.22. The molecule has 0 bridgehead atoms. The molecule has 0 unspecified atom stereocenters. The minimum Gasteiger partial charge on any atom is -0.388 e. The average Bonchev–Trinajstić information content (AvgIpc) is 2.40. The Bertz CT molecular complexity index is 468. The van der Waals surface area contributed by atoms with E-state index < -0.39 is 29.5 Å². The number of nitrogens with zero attached hydrogens (tertiary/aromatic N) is 1. The van der Waals surface area contributed by atoms with Crippen molar-refractivity contribution in [1.82, 2.24) is 0 Å². The molecule has 1 heterocycles. The van der Waals surface area contributed by atoms with Crippen LogP contribution in [0.25, 0.3) is 0 Å². The van der Waals surface area contributed by atoms with Gasteiger partial charge in [-0.25, -0.2) is 0 Å². The van der Waals surface area contributed by atoms with Crippen molar-refractivity contribution in [3.05, 3.63) is 34.4 Å².